The van der Waals surface area contributed by atoms with Crippen LogP contribution in [0.1, 0.15) is 62.1 Å². The zero-order valence-corrected chi connectivity index (χ0v) is 13.6. The van der Waals surface area contributed by atoms with E-state index >= 15 is 0 Å². The summed E-state index contributed by atoms with van der Waals surface area (Å²) in [5.41, 5.74) is 4.07. The molecular formula is C19H27NO. The normalized spacial score (nSPS) is 12.8. The fourth-order valence-electron chi connectivity index (χ4n) is 2.76. The van der Waals surface area contributed by atoms with E-state index in [2.05, 4.69) is 63.3 Å². The molecule has 21 heavy (non-hydrogen) atoms. The molecule has 0 saturated heterocycles. The Balaban J connectivity index is 2.16. The van der Waals surface area contributed by atoms with Gasteiger partial charge in [-0.1, -0.05) is 52.0 Å². The number of likely N-dealkylation sites (N-methyl/N-ethyl adjacent to an activating group) is 1. The third-order valence-corrected chi connectivity index (χ3v) is 4.01. The van der Waals surface area contributed by atoms with Gasteiger partial charge in [0.25, 0.3) is 0 Å². The lowest BCUT2D eigenvalue weighted by molar-refractivity contribution is 0.487. The molecule has 1 atom stereocenters. The first-order chi connectivity index (χ1) is 10.2. The topological polar surface area (TPSA) is 25.2 Å². The Bertz CT molecular complexity index is 539. The van der Waals surface area contributed by atoms with Crippen molar-refractivity contribution in [2.45, 2.75) is 52.5 Å². The van der Waals surface area contributed by atoms with E-state index in [-0.39, 0.29) is 0 Å². The van der Waals surface area contributed by atoms with Gasteiger partial charge in [0, 0.05) is 18.0 Å². The van der Waals surface area contributed by atoms with E-state index in [0.717, 1.165) is 25.1 Å². The molecule has 0 aliphatic carbocycles. The van der Waals surface area contributed by atoms with Crippen molar-refractivity contribution in [2.75, 3.05) is 6.54 Å². The number of benzene rings is 1. The van der Waals surface area contributed by atoms with Gasteiger partial charge in [-0.3, -0.25) is 0 Å². The highest BCUT2D eigenvalue weighted by Gasteiger charge is 2.16. The smallest absolute Gasteiger partial charge is 0.108 e. The van der Waals surface area contributed by atoms with E-state index in [1.807, 2.05) is 0 Å². The monoisotopic (exact) mass is 285 g/mol. The number of hydrogen-bond acceptors (Lipinski definition) is 2. The molecule has 0 radical (unpaired) electrons. The summed E-state index contributed by atoms with van der Waals surface area (Å²) in [4.78, 5) is 0. The van der Waals surface area contributed by atoms with Crippen molar-refractivity contribution in [3.8, 4) is 0 Å². The zero-order valence-electron chi connectivity index (χ0n) is 13.6. The van der Waals surface area contributed by atoms with Gasteiger partial charge < -0.3 is 9.73 Å². The molecule has 114 valence electrons. The SMILES string of the molecule is CCNC(Cc1ccc(C(C)C)cc1)c1ccoc1CC. The van der Waals surface area contributed by atoms with E-state index in [1.165, 1.54) is 16.7 Å². The van der Waals surface area contributed by atoms with Crippen LogP contribution in [0.5, 0.6) is 0 Å². The molecule has 0 spiro atoms. The quantitative estimate of drug-likeness (QED) is 0.786. The van der Waals surface area contributed by atoms with Crippen molar-refractivity contribution in [2.24, 2.45) is 0 Å². The van der Waals surface area contributed by atoms with E-state index < -0.39 is 0 Å². The fraction of sp³-hybridized carbons (Fsp3) is 0.474. The Kier molecular flexibility index (Phi) is 5.63. The van der Waals surface area contributed by atoms with Gasteiger partial charge in [-0.05, 0) is 36.1 Å². The van der Waals surface area contributed by atoms with Crippen LogP contribution in [0, 0.1) is 0 Å². The van der Waals surface area contributed by atoms with Crippen LogP contribution in [0.15, 0.2) is 41.0 Å². The minimum Gasteiger partial charge on any atom is -0.469 e. The summed E-state index contributed by atoms with van der Waals surface area (Å²) >= 11 is 0. The van der Waals surface area contributed by atoms with E-state index in [0.29, 0.717) is 12.0 Å². The molecule has 1 aromatic heterocycles. The summed E-state index contributed by atoms with van der Waals surface area (Å²) in [6.07, 6.45) is 3.75. The molecule has 2 aromatic rings. The number of nitrogens with one attached hydrogen (secondary N) is 1. The van der Waals surface area contributed by atoms with Crippen molar-refractivity contribution in [3.63, 3.8) is 0 Å². The van der Waals surface area contributed by atoms with E-state index in [4.69, 9.17) is 4.42 Å². The largest absolute Gasteiger partial charge is 0.469 e. The third kappa shape index (κ3) is 3.98. The summed E-state index contributed by atoms with van der Waals surface area (Å²) in [5.74, 6) is 1.68. The molecule has 0 bridgehead atoms. The number of aryl methyl sites for hydroxylation is 1. The lowest BCUT2D eigenvalue weighted by Crippen LogP contribution is -2.23. The van der Waals surface area contributed by atoms with Crippen LogP contribution in [0.2, 0.25) is 0 Å². The van der Waals surface area contributed by atoms with Crippen LogP contribution >= 0.6 is 0 Å². The van der Waals surface area contributed by atoms with Crippen molar-refractivity contribution >= 4 is 0 Å². The predicted molar refractivity (Wildman–Crippen MR) is 88.7 cm³/mol. The van der Waals surface area contributed by atoms with Crippen LogP contribution in [-0.2, 0) is 12.8 Å². The molecule has 0 aliphatic rings. The van der Waals surface area contributed by atoms with Crippen LogP contribution in [0.25, 0.3) is 0 Å². The third-order valence-electron chi connectivity index (χ3n) is 4.01. The zero-order chi connectivity index (χ0) is 15.2. The maximum atomic E-state index is 5.59. The molecule has 1 unspecified atom stereocenters. The molecule has 0 aliphatic heterocycles. The Morgan fingerprint density at radius 2 is 1.76 bits per heavy atom. The summed E-state index contributed by atoms with van der Waals surface area (Å²) < 4.78 is 5.59. The van der Waals surface area contributed by atoms with Crippen LogP contribution < -0.4 is 5.32 Å². The minimum atomic E-state index is 0.327. The Labute approximate surface area is 128 Å². The highest BCUT2D eigenvalue weighted by atomic mass is 16.3. The number of hydrogen-bond donors (Lipinski definition) is 1. The Morgan fingerprint density at radius 3 is 2.33 bits per heavy atom. The molecule has 1 N–H and O–H groups in total. The van der Waals surface area contributed by atoms with Crippen molar-refractivity contribution in [3.05, 3.63) is 59.0 Å². The van der Waals surface area contributed by atoms with Gasteiger partial charge in [-0.25, -0.2) is 0 Å². The number of furan rings is 1. The predicted octanol–water partition coefficient (Wildman–Crippen LogP) is 4.86. The van der Waals surface area contributed by atoms with Gasteiger partial charge in [0.1, 0.15) is 5.76 Å². The first kappa shape index (κ1) is 15.8. The lowest BCUT2D eigenvalue weighted by Gasteiger charge is -2.18. The summed E-state index contributed by atoms with van der Waals surface area (Å²) in [7, 11) is 0. The fourth-order valence-corrected chi connectivity index (χ4v) is 2.76. The maximum Gasteiger partial charge on any atom is 0.108 e. The van der Waals surface area contributed by atoms with Gasteiger partial charge in [0.15, 0.2) is 0 Å². The molecule has 2 rings (SSSR count). The highest BCUT2D eigenvalue weighted by molar-refractivity contribution is 5.28. The molecular weight excluding hydrogens is 258 g/mol. The summed E-state index contributed by atoms with van der Waals surface area (Å²) in [5, 5.41) is 3.59. The summed E-state index contributed by atoms with van der Waals surface area (Å²) in [6.45, 7) is 9.72. The molecule has 1 heterocycles. The van der Waals surface area contributed by atoms with Crippen LogP contribution in [-0.4, -0.2) is 6.54 Å². The molecule has 1 aromatic carbocycles. The average Bonchev–Trinajstić information content (AvgIpc) is 2.95. The van der Waals surface area contributed by atoms with Gasteiger partial charge in [0.2, 0.25) is 0 Å². The van der Waals surface area contributed by atoms with Gasteiger partial charge in [-0.15, -0.1) is 0 Å². The van der Waals surface area contributed by atoms with Crippen molar-refractivity contribution in [1.29, 1.82) is 0 Å². The van der Waals surface area contributed by atoms with Gasteiger partial charge in [-0.2, -0.15) is 0 Å². The number of rotatable bonds is 7. The molecule has 0 fully saturated rings. The first-order valence-corrected chi connectivity index (χ1v) is 8.04. The first-order valence-electron chi connectivity index (χ1n) is 8.04. The second kappa shape index (κ2) is 7.46. The van der Waals surface area contributed by atoms with Gasteiger partial charge >= 0.3 is 0 Å². The second-order valence-electron chi connectivity index (χ2n) is 5.86. The lowest BCUT2D eigenvalue weighted by atomic mass is 9.96. The molecule has 0 saturated carbocycles. The molecule has 0 amide bonds. The van der Waals surface area contributed by atoms with Crippen molar-refractivity contribution in [1.82, 2.24) is 5.32 Å². The Hall–Kier alpha value is -1.54. The van der Waals surface area contributed by atoms with Crippen molar-refractivity contribution < 1.29 is 4.42 Å². The molecule has 2 heteroatoms. The summed E-state index contributed by atoms with van der Waals surface area (Å²) in [6, 6.07) is 11.4. The van der Waals surface area contributed by atoms with E-state index in [1.54, 1.807) is 6.26 Å². The second-order valence-corrected chi connectivity index (χ2v) is 5.86. The van der Waals surface area contributed by atoms with Crippen LogP contribution in [0.3, 0.4) is 0 Å². The van der Waals surface area contributed by atoms with Crippen LogP contribution in [0.4, 0.5) is 0 Å². The standard InChI is InChI=1S/C19H27NO/c1-5-19-17(11-12-21-19)18(20-6-2)13-15-7-9-16(10-8-15)14(3)4/h7-12,14,18,20H,5-6,13H2,1-4H3. The molecule has 2 nitrogen and oxygen atoms in total. The van der Waals surface area contributed by atoms with Gasteiger partial charge in [0.05, 0.1) is 6.26 Å². The van der Waals surface area contributed by atoms with E-state index in [9.17, 15) is 0 Å². The Morgan fingerprint density at radius 1 is 1.05 bits per heavy atom. The maximum absolute atomic E-state index is 5.59. The minimum absolute atomic E-state index is 0.327. The highest BCUT2D eigenvalue weighted by Crippen LogP contribution is 2.24. The average molecular weight is 285 g/mol.